The molecule has 10 heteroatoms. The van der Waals surface area contributed by atoms with Crippen LogP contribution in [-0.4, -0.2) is 75.1 Å². The summed E-state index contributed by atoms with van der Waals surface area (Å²) in [6, 6.07) is 13.5. The normalized spacial score (nSPS) is 17.0. The number of para-hydroxylation sites is 1. The lowest BCUT2D eigenvalue weighted by Gasteiger charge is -2.31. The molecule has 1 saturated carbocycles. The number of nitrogens with one attached hydrogen (secondary N) is 1. The van der Waals surface area contributed by atoms with Crippen molar-refractivity contribution >= 4 is 33.9 Å². The SMILES string of the molecule is COC1(Cn2c(-c3nc4cc5c(cc4n3C)CCN(C[C@@H](CF)NC(=O)OC(C)(C)C)C5=O)cc3ccccc32)CC1. The highest BCUT2D eigenvalue weighted by Crippen LogP contribution is 2.43. The average molecular weight is 576 g/mol. The summed E-state index contributed by atoms with van der Waals surface area (Å²) < 4.78 is 29.4. The molecule has 0 saturated heterocycles. The highest BCUT2D eigenvalue weighted by atomic mass is 19.1. The molecule has 42 heavy (non-hydrogen) atoms. The predicted molar refractivity (Wildman–Crippen MR) is 159 cm³/mol. The summed E-state index contributed by atoms with van der Waals surface area (Å²) in [7, 11) is 3.79. The van der Waals surface area contributed by atoms with Gasteiger partial charge in [0.2, 0.25) is 0 Å². The summed E-state index contributed by atoms with van der Waals surface area (Å²) in [5.74, 6) is 0.624. The molecule has 9 nitrogen and oxygen atoms in total. The maximum absolute atomic E-state index is 13.9. The number of hydrogen-bond donors (Lipinski definition) is 1. The number of aryl methyl sites for hydroxylation is 1. The first-order valence-electron chi connectivity index (χ1n) is 14.5. The Morgan fingerprint density at radius 2 is 1.93 bits per heavy atom. The van der Waals surface area contributed by atoms with Gasteiger partial charge in [-0.05, 0) is 69.9 Å². The van der Waals surface area contributed by atoms with E-state index in [2.05, 4.69) is 32.7 Å². The highest BCUT2D eigenvalue weighted by molar-refractivity contribution is 6.00. The zero-order chi connectivity index (χ0) is 29.8. The van der Waals surface area contributed by atoms with Crippen molar-refractivity contribution < 1.29 is 23.5 Å². The van der Waals surface area contributed by atoms with Crippen LogP contribution in [0, 0.1) is 0 Å². The summed E-state index contributed by atoms with van der Waals surface area (Å²) in [4.78, 5) is 32.4. The largest absolute Gasteiger partial charge is 0.444 e. The minimum Gasteiger partial charge on any atom is -0.444 e. The number of ether oxygens (including phenoxy) is 2. The van der Waals surface area contributed by atoms with Crippen LogP contribution in [0.3, 0.4) is 0 Å². The van der Waals surface area contributed by atoms with Crippen molar-refractivity contribution in [1.29, 1.82) is 0 Å². The number of nitrogens with zero attached hydrogens (tertiary/aromatic N) is 4. The van der Waals surface area contributed by atoms with E-state index in [0.29, 0.717) is 18.5 Å². The fraction of sp³-hybridized carbons (Fsp3) is 0.469. The third-order valence-electron chi connectivity index (χ3n) is 8.35. The number of carbonyl (C=O) groups is 2. The molecular weight excluding hydrogens is 537 g/mol. The van der Waals surface area contributed by atoms with Gasteiger partial charge in [0.15, 0.2) is 5.82 Å². The lowest BCUT2D eigenvalue weighted by Crippen LogP contribution is -2.50. The first-order valence-corrected chi connectivity index (χ1v) is 14.5. The second kappa shape index (κ2) is 10.4. The molecule has 2 amide bonds. The van der Waals surface area contributed by atoms with Crippen LogP contribution in [0.5, 0.6) is 0 Å². The van der Waals surface area contributed by atoms with E-state index < -0.39 is 24.4 Å². The van der Waals surface area contributed by atoms with Crippen molar-refractivity contribution in [2.24, 2.45) is 7.05 Å². The van der Waals surface area contributed by atoms with Crippen LogP contribution in [0.25, 0.3) is 33.5 Å². The van der Waals surface area contributed by atoms with Gasteiger partial charge in [0.25, 0.3) is 5.91 Å². The highest BCUT2D eigenvalue weighted by Gasteiger charge is 2.44. The third-order valence-corrected chi connectivity index (χ3v) is 8.35. The maximum atomic E-state index is 13.9. The Hall–Kier alpha value is -3.92. The van der Waals surface area contributed by atoms with Crippen molar-refractivity contribution in [2.45, 2.75) is 63.8 Å². The average Bonchev–Trinajstić information content (AvgIpc) is 3.54. The van der Waals surface area contributed by atoms with Crippen molar-refractivity contribution in [1.82, 2.24) is 24.3 Å². The fourth-order valence-corrected chi connectivity index (χ4v) is 5.91. The molecule has 1 fully saturated rings. The molecule has 0 spiro atoms. The first kappa shape index (κ1) is 28.2. The summed E-state index contributed by atoms with van der Waals surface area (Å²) in [5.41, 5.74) is 4.46. The van der Waals surface area contributed by atoms with Gasteiger partial charge in [-0.25, -0.2) is 14.2 Å². The number of alkyl carbamates (subject to hydrolysis) is 1. The number of amides is 2. The minimum atomic E-state index is -0.862. The van der Waals surface area contributed by atoms with Gasteiger partial charge in [-0.1, -0.05) is 18.2 Å². The number of methoxy groups -OCH3 is 1. The molecule has 2 aromatic carbocycles. The molecule has 0 bridgehead atoms. The molecule has 0 unspecified atom stereocenters. The zero-order valence-electron chi connectivity index (χ0n) is 24.9. The van der Waals surface area contributed by atoms with Crippen LogP contribution in [0.4, 0.5) is 9.18 Å². The number of alkyl halides is 1. The molecule has 4 aromatic rings. The lowest BCUT2D eigenvalue weighted by atomic mass is 9.97. The molecular formula is C32H38FN5O4. The number of carbonyl (C=O) groups excluding carboxylic acids is 2. The summed E-state index contributed by atoms with van der Waals surface area (Å²) >= 11 is 0. The number of halogens is 1. The topological polar surface area (TPSA) is 90.6 Å². The molecule has 6 rings (SSSR count). The Balaban J connectivity index is 1.30. The molecule has 1 atom stereocenters. The standard InChI is InChI=1S/C32H38FN5O4/c1-31(2,3)42-30(40)34-22(17-33)18-37-13-10-20-14-26-24(16-23(20)29(37)39)35-28(36(26)4)27-15-21-8-6-7-9-25(21)38(27)19-32(41-5)11-12-32/h6-9,14-16,22H,10-13,17-19H2,1-5H3,(H,34,40)/t22-/m1/s1. The van der Waals surface area contributed by atoms with Crippen LogP contribution >= 0.6 is 0 Å². The molecule has 222 valence electrons. The quantitative estimate of drug-likeness (QED) is 0.311. The first-order chi connectivity index (χ1) is 20.0. The van der Waals surface area contributed by atoms with Crippen LogP contribution in [0.2, 0.25) is 0 Å². The second-order valence-corrected chi connectivity index (χ2v) is 12.6. The van der Waals surface area contributed by atoms with Gasteiger partial charge in [0, 0.05) is 43.7 Å². The summed E-state index contributed by atoms with van der Waals surface area (Å²) in [6.07, 6.45) is 1.98. The Kier molecular flexibility index (Phi) is 7.00. The molecule has 0 radical (unpaired) electrons. The van der Waals surface area contributed by atoms with Gasteiger partial charge in [0.1, 0.15) is 12.3 Å². The van der Waals surface area contributed by atoms with Crippen LogP contribution in [-0.2, 0) is 29.5 Å². The number of hydrogen-bond acceptors (Lipinski definition) is 5. The Morgan fingerprint density at radius 1 is 1.17 bits per heavy atom. The number of rotatable bonds is 8. The van der Waals surface area contributed by atoms with Gasteiger partial charge >= 0.3 is 6.09 Å². The summed E-state index contributed by atoms with van der Waals surface area (Å²) in [6.45, 7) is 5.66. The Morgan fingerprint density at radius 3 is 2.62 bits per heavy atom. The molecule has 1 aliphatic heterocycles. The monoisotopic (exact) mass is 575 g/mol. The molecule has 1 aliphatic carbocycles. The van der Waals surface area contributed by atoms with Crippen molar-refractivity contribution in [2.75, 3.05) is 26.9 Å². The number of benzene rings is 2. The van der Waals surface area contributed by atoms with Crippen molar-refractivity contribution in [3.8, 4) is 11.5 Å². The van der Waals surface area contributed by atoms with Gasteiger partial charge in [0.05, 0.1) is 34.9 Å². The number of imidazole rings is 1. The fourth-order valence-electron chi connectivity index (χ4n) is 5.91. The molecule has 1 N–H and O–H groups in total. The van der Waals surface area contributed by atoms with E-state index in [-0.39, 0.29) is 18.1 Å². The smallest absolute Gasteiger partial charge is 0.408 e. The number of fused-ring (bicyclic) bond motifs is 3. The molecule has 2 aromatic heterocycles. The predicted octanol–water partition coefficient (Wildman–Crippen LogP) is 5.24. The molecule has 3 heterocycles. The third kappa shape index (κ3) is 5.24. The van der Waals surface area contributed by atoms with Crippen molar-refractivity contribution in [3.05, 3.63) is 53.6 Å². The van der Waals surface area contributed by atoms with E-state index >= 15 is 0 Å². The summed E-state index contributed by atoms with van der Waals surface area (Å²) in [5, 5.41) is 3.70. The Bertz CT molecular complexity index is 1680. The van der Waals surface area contributed by atoms with E-state index in [0.717, 1.165) is 58.4 Å². The van der Waals surface area contributed by atoms with Gasteiger partial charge in [-0.15, -0.1) is 0 Å². The van der Waals surface area contributed by atoms with E-state index in [1.165, 1.54) is 0 Å². The van der Waals surface area contributed by atoms with Gasteiger partial charge < -0.3 is 28.8 Å². The van der Waals surface area contributed by atoms with E-state index in [1.54, 1.807) is 32.8 Å². The van der Waals surface area contributed by atoms with Crippen molar-refractivity contribution in [3.63, 3.8) is 0 Å². The van der Waals surface area contributed by atoms with Crippen LogP contribution in [0.15, 0.2) is 42.5 Å². The van der Waals surface area contributed by atoms with Crippen LogP contribution in [0.1, 0.15) is 49.5 Å². The molecule has 2 aliphatic rings. The van der Waals surface area contributed by atoms with Gasteiger partial charge in [-0.2, -0.15) is 0 Å². The van der Waals surface area contributed by atoms with Crippen LogP contribution < -0.4 is 5.32 Å². The lowest BCUT2D eigenvalue weighted by molar-refractivity contribution is 0.0466. The minimum absolute atomic E-state index is 0.0564. The zero-order valence-corrected chi connectivity index (χ0v) is 24.9. The van der Waals surface area contributed by atoms with E-state index in [4.69, 9.17) is 14.5 Å². The van der Waals surface area contributed by atoms with Gasteiger partial charge in [-0.3, -0.25) is 4.79 Å². The van der Waals surface area contributed by atoms with E-state index in [9.17, 15) is 14.0 Å². The number of aromatic nitrogens is 3. The maximum Gasteiger partial charge on any atom is 0.408 e. The van der Waals surface area contributed by atoms with E-state index in [1.807, 2.05) is 31.3 Å². The Labute approximate surface area is 244 Å². The second-order valence-electron chi connectivity index (χ2n) is 12.6.